The lowest BCUT2D eigenvalue weighted by atomic mass is 10.2. The number of pyridine rings is 1. The molecule has 7 heteroatoms. The molecule has 114 valence electrons. The van der Waals surface area contributed by atoms with Crippen LogP contribution in [0.15, 0.2) is 36.1 Å². The highest BCUT2D eigenvalue weighted by atomic mass is 32.1. The van der Waals surface area contributed by atoms with Crippen LogP contribution in [0.5, 0.6) is 0 Å². The first-order chi connectivity index (χ1) is 11.3. The number of piperazine rings is 1. The average molecular weight is 322 g/mol. The minimum absolute atomic E-state index is 0.646. The molecule has 0 amide bonds. The normalized spacial score (nSPS) is 14.9. The Morgan fingerprint density at radius 3 is 2.70 bits per heavy atom. The zero-order valence-corrected chi connectivity index (χ0v) is 13.2. The van der Waals surface area contributed by atoms with Gasteiger partial charge < -0.3 is 9.80 Å². The second-order valence-electron chi connectivity index (χ2n) is 5.33. The third kappa shape index (κ3) is 2.58. The average Bonchev–Trinajstić information content (AvgIpc) is 3.11. The molecular formula is C16H14N6S. The molecule has 3 aromatic heterocycles. The molecule has 0 aromatic carbocycles. The van der Waals surface area contributed by atoms with Crippen molar-refractivity contribution in [1.29, 1.82) is 5.26 Å². The van der Waals surface area contributed by atoms with Crippen molar-refractivity contribution in [2.75, 3.05) is 36.0 Å². The Bertz CT molecular complexity index is 875. The van der Waals surface area contributed by atoms with E-state index in [-0.39, 0.29) is 0 Å². The number of aromatic nitrogens is 3. The van der Waals surface area contributed by atoms with E-state index in [0.29, 0.717) is 5.56 Å². The van der Waals surface area contributed by atoms with Crippen molar-refractivity contribution < 1.29 is 0 Å². The van der Waals surface area contributed by atoms with Gasteiger partial charge in [-0.05, 0) is 23.6 Å². The summed E-state index contributed by atoms with van der Waals surface area (Å²) in [6, 6.07) is 7.82. The summed E-state index contributed by atoms with van der Waals surface area (Å²) >= 11 is 1.64. The molecule has 1 fully saturated rings. The van der Waals surface area contributed by atoms with Gasteiger partial charge in [-0.25, -0.2) is 15.0 Å². The monoisotopic (exact) mass is 322 g/mol. The number of anilines is 2. The minimum atomic E-state index is 0.646. The standard InChI is InChI=1S/C16H14N6S/c17-10-12-1-3-18-14(9-12)21-4-6-22(7-5-21)15-13-2-8-23-16(13)20-11-19-15/h1-3,8-9,11H,4-7H2. The molecular weight excluding hydrogens is 308 g/mol. The van der Waals surface area contributed by atoms with E-state index in [4.69, 9.17) is 5.26 Å². The Labute approximate surface area is 137 Å². The lowest BCUT2D eigenvalue weighted by molar-refractivity contribution is 0.643. The van der Waals surface area contributed by atoms with E-state index < -0.39 is 0 Å². The summed E-state index contributed by atoms with van der Waals surface area (Å²) < 4.78 is 0. The largest absolute Gasteiger partial charge is 0.353 e. The summed E-state index contributed by atoms with van der Waals surface area (Å²) in [5, 5.41) is 12.2. The van der Waals surface area contributed by atoms with Crippen molar-refractivity contribution in [2.24, 2.45) is 0 Å². The first-order valence-corrected chi connectivity index (χ1v) is 8.27. The summed E-state index contributed by atoms with van der Waals surface area (Å²) in [6.07, 6.45) is 3.33. The zero-order chi connectivity index (χ0) is 15.6. The predicted octanol–water partition coefficient (Wildman–Crippen LogP) is 2.28. The Balaban J connectivity index is 1.53. The first-order valence-electron chi connectivity index (χ1n) is 7.39. The molecule has 0 radical (unpaired) electrons. The van der Waals surface area contributed by atoms with E-state index in [1.807, 2.05) is 6.07 Å². The van der Waals surface area contributed by atoms with Crippen LogP contribution < -0.4 is 9.80 Å². The van der Waals surface area contributed by atoms with Gasteiger partial charge >= 0.3 is 0 Å². The van der Waals surface area contributed by atoms with Gasteiger partial charge in [0.15, 0.2) is 0 Å². The molecule has 1 aliphatic rings. The molecule has 1 saturated heterocycles. The van der Waals surface area contributed by atoms with E-state index in [1.54, 1.807) is 29.9 Å². The summed E-state index contributed by atoms with van der Waals surface area (Å²) in [5.41, 5.74) is 0.646. The van der Waals surface area contributed by atoms with Crippen molar-refractivity contribution in [2.45, 2.75) is 0 Å². The second kappa shape index (κ2) is 5.82. The van der Waals surface area contributed by atoms with Gasteiger partial charge in [0.05, 0.1) is 17.0 Å². The Hall–Kier alpha value is -2.72. The number of nitriles is 1. The fraction of sp³-hybridized carbons (Fsp3) is 0.250. The number of hydrogen-bond donors (Lipinski definition) is 0. The molecule has 0 saturated carbocycles. The Kier molecular flexibility index (Phi) is 3.52. The molecule has 0 aliphatic carbocycles. The number of fused-ring (bicyclic) bond motifs is 1. The van der Waals surface area contributed by atoms with Gasteiger partial charge in [0.2, 0.25) is 0 Å². The number of hydrogen-bond acceptors (Lipinski definition) is 7. The van der Waals surface area contributed by atoms with Crippen LogP contribution in [0, 0.1) is 11.3 Å². The SMILES string of the molecule is N#Cc1ccnc(N2CCN(c3ncnc4sccc34)CC2)c1. The van der Waals surface area contributed by atoms with E-state index in [9.17, 15) is 0 Å². The first kappa shape index (κ1) is 13.9. The van der Waals surface area contributed by atoms with Crippen molar-refractivity contribution >= 4 is 33.2 Å². The van der Waals surface area contributed by atoms with Gasteiger partial charge in [0.1, 0.15) is 22.8 Å². The Morgan fingerprint density at radius 1 is 1.04 bits per heavy atom. The van der Waals surface area contributed by atoms with Crippen LogP contribution in [0.1, 0.15) is 5.56 Å². The van der Waals surface area contributed by atoms with Crippen LogP contribution in [0.25, 0.3) is 10.2 Å². The summed E-state index contributed by atoms with van der Waals surface area (Å²) in [6.45, 7) is 3.47. The van der Waals surface area contributed by atoms with Gasteiger partial charge in [-0.15, -0.1) is 11.3 Å². The van der Waals surface area contributed by atoms with E-state index >= 15 is 0 Å². The minimum Gasteiger partial charge on any atom is -0.353 e. The number of nitrogens with zero attached hydrogens (tertiary/aromatic N) is 6. The Morgan fingerprint density at radius 2 is 1.87 bits per heavy atom. The highest BCUT2D eigenvalue weighted by Gasteiger charge is 2.21. The molecule has 0 spiro atoms. The van der Waals surface area contributed by atoms with Crippen LogP contribution in [-0.4, -0.2) is 41.1 Å². The van der Waals surface area contributed by atoms with Crippen LogP contribution in [0.3, 0.4) is 0 Å². The van der Waals surface area contributed by atoms with Crippen molar-refractivity contribution in [1.82, 2.24) is 15.0 Å². The fourth-order valence-corrected chi connectivity index (χ4v) is 3.56. The number of thiophene rings is 1. The molecule has 1 aliphatic heterocycles. The maximum absolute atomic E-state index is 9.01. The molecule has 6 nitrogen and oxygen atoms in total. The molecule has 0 N–H and O–H groups in total. The van der Waals surface area contributed by atoms with Crippen molar-refractivity contribution in [3.8, 4) is 6.07 Å². The number of rotatable bonds is 2. The van der Waals surface area contributed by atoms with E-state index in [1.165, 1.54) is 0 Å². The molecule has 4 heterocycles. The van der Waals surface area contributed by atoms with Crippen LogP contribution in [0.4, 0.5) is 11.6 Å². The third-order valence-electron chi connectivity index (χ3n) is 4.02. The summed E-state index contributed by atoms with van der Waals surface area (Å²) in [5.74, 6) is 1.88. The molecule has 4 rings (SSSR count). The van der Waals surface area contributed by atoms with Crippen LogP contribution >= 0.6 is 11.3 Å². The summed E-state index contributed by atoms with van der Waals surface area (Å²) in [7, 11) is 0. The topological polar surface area (TPSA) is 68.9 Å². The third-order valence-corrected chi connectivity index (χ3v) is 4.84. The summed E-state index contributed by atoms with van der Waals surface area (Å²) in [4.78, 5) is 18.7. The molecule has 23 heavy (non-hydrogen) atoms. The van der Waals surface area contributed by atoms with Crippen molar-refractivity contribution in [3.63, 3.8) is 0 Å². The van der Waals surface area contributed by atoms with Crippen LogP contribution in [-0.2, 0) is 0 Å². The quantitative estimate of drug-likeness (QED) is 0.721. The lowest BCUT2D eigenvalue weighted by Gasteiger charge is -2.36. The highest BCUT2D eigenvalue weighted by Crippen LogP contribution is 2.27. The van der Waals surface area contributed by atoms with Crippen LogP contribution in [0.2, 0.25) is 0 Å². The smallest absolute Gasteiger partial charge is 0.140 e. The second-order valence-corrected chi connectivity index (χ2v) is 6.22. The fourth-order valence-electron chi connectivity index (χ4n) is 2.84. The molecule has 3 aromatic rings. The lowest BCUT2D eigenvalue weighted by Crippen LogP contribution is -2.47. The van der Waals surface area contributed by atoms with Gasteiger partial charge in [-0.2, -0.15) is 5.26 Å². The molecule has 0 atom stereocenters. The maximum atomic E-state index is 9.01. The maximum Gasteiger partial charge on any atom is 0.140 e. The van der Waals surface area contributed by atoms with Gasteiger partial charge in [-0.1, -0.05) is 0 Å². The van der Waals surface area contributed by atoms with E-state index in [2.05, 4.69) is 42.3 Å². The van der Waals surface area contributed by atoms with Crippen molar-refractivity contribution in [3.05, 3.63) is 41.7 Å². The zero-order valence-electron chi connectivity index (χ0n) is 12.4. The highest BCUT2D eigenvalue weighted by molar-refractivity contribution is 7.16. The molecule has 0 bridgehead atoms. The van der Waals surface area contributed by atoms with Gasteiger partial charge in [0, 0.05) is 32.4 Å². The molecule has 0 unspecified atom stereocenters. The predicted molar refractivity (Wildman–Crippen MR) is 90.8 cm³/mol. The van der Waals surface area contributed by atoms with Gasteiger partial charge in [0.25, 0.3) is 0 Å². The van der Waals surface area contributed by atoms with E-state index in [0.717, 1.165) is 48.0 Å². The van der Waals surface area contributed by atoms with Gasteiger partial charge in [-0.3, -0.25) is 0 Å².